The Morgan fingerprint density at radius 3 is 2.60 bits per heavy atom. The highest BCUT2D eigenvalue weighted by Crippen LogP contribution is 2.27. The zero-order valence-corrected chi connectivity index (χ0v) is 13.7. The molecule has 0 spiro atoms. The number of likely N-dealkylation sites (tertiary alicyclic amines) is 1. The Bertz CT molecular complexity index is 417. The van der Waals surface area contributed by atoms with Crippen molar-refractivity contribution in [1.82, 2.24) is 10.2 Å². The Morgan fingerprint density at radius 2 is 1.95 bits per heavy atom. The van der Waals surface area contributed by atoms with Gasteiger partial charge in [0, 0.05) is 29.2 Å². The van der Waals surface area contributed by atoms with Crippen molar-refractivity contribution in [2.24, 2.45) is 0 Å². The Morgan fingerprint density at radius 1 is 1.20 bits per heavy atom. The summed E-state index contributed by atoms with van der Waals surface area (Å²) in [5.41, 5.74) is 1.15. The molecule has 1 heterocycles. The molecule has 1 aromatic carbocycles. The molecule has 112 valence electrons. The average Bonchev–Trinajstić information content (AvgIpc) is 2.46. The summed E-state index contributed by atoms with van der Waals surface area (Å²) in [6, 6.07) is 6.09. The molecule has 0 amide bonds. The quantitative estimate of drug-likeness (QED) is 0.830. The van der Waals surface area contributed by atoms with Crippen molar-refractivity contribution in [3.63, 3.8) is 0 Å². The molecule has 20 heavy (non-hydrogen) atoms. The molecule has 0 saturated carbocycles. The van der Waals surface area contributed by atoms with E-state index >= 15 is 0 Å². The van der Waals surface area contributed by atoms with Crippen molar-refractivity contribution in [3.8, 4) is 0 Å². The number of nitrogens with zero attached hydrogens (tertiary/aromatic N) is 1. The fraction of sp³-hybridized carbons (Fsp3) is 0.625. The summed E-state index contributed by atoms with van der Waals surface area (Å²) in [7, 11) is 0. The van der Waals surface area contributed by atoms with E-state index in [1.54, 1.807) is 0 Å². The summed E-state index contributed by atoms with van der Waals surface area (Å²) in [5.74, 6) is 0. The van der Waals surface area contributed by atoms with Gasteiger partial charge in [0.05, 0.1) is 0 Å². The highest BCUT2D eigenvalue weighted by atomic mass is 35.5. The minimum Gasteiger partial charge on any atom is -0.309 e. The zero-order chi connectivity index (χ0) is 14.4. The highest BCUT2D eigenvalue weighted by molar-refractivity contribution is 6.35. The van der Waals surface area contributed by atoms with Crippen LogP contribution in [0.5, 0.6) is 0 Å². The molecular weight excluding hydrogens is 291 g/mol. The molecule has 1 unspecified atom stereocenters. The van der Waals surface area contributed by atoms with Gasteiger partial charge >= 0.3 is 0 Å². The van der Waals surface area contributed by atoms with Crippen LogP contribution in [-0.2, 0) is 0 Å². The summed E-state index contributed by atoms with van der Waals surface area (Å²) in [4.78, 5) is 2.55. The van der Waals surface area contributed by atoms with E-state index < -0.39 is 0 Å². The van der Waals surface area contributed by atoms with Crippen LogP contribution in [0.25, 0.3) is 0 Å². The smallest absolute Gasteiger partial charge is 0.0468 e. The number of nitrogens with one attached hydrogen (secondary N) is 1. The first-order valence-electron chi connectivity index (χ1n) is 7.61. The molecule has 0 radical (unpaired) electrons. The number of halogens is 2. The lowest BCUT2D eigenvalue weighted by molar-refractivity contribution is 0.226. The summed E-state index contributed by atoms with van der Waals surface area (Å²) >= 11 is 12.3. The molecular formula is C16H24Cl2N2. The minimum atomic E-state index is 0.310. The normalized spacial score (nSPS) is 18.1. The standard InChI is InChI=1S/C16H24Cl2N2/c1-2-16(14-7-6-13(17)12-15(14)18)19-8-11-20-9-4-3-5-10-20/h6-7,12,16,19H,2-5,8-11H2,1H3. The van der Waals surface area contributed by atoms with Gasteiger partial charge in [-0.3, -0.25) is 0 Å². The molecule has 1 saturated heterocycles. The minimum absolute atomic E-state index is 0.310. The molecule has 4 heteroatoms. The number of hydrogen-bond donors (Lipinski definition) is 1. The van der Waals surface area contributed by atoms with E-state index in [0.29, 0.717) is 11.1 Å². The maximum atomic E-state index is 6.30. The largest absolute Gasteiger partial charge is 0.309 e. The second-order valence-corrected chi connectivity index (χ2v) is 6.33. The molecule has 2 nitrogen and oxygen atoms in total. The van der Waals surface area contributed by atoms with Crippen molar-refractivity contribution in [3.05, 3.63) is 33.8 Å². The average molecular weight is 315 g/mol. The number of piperidine rings is 1. The molecule has 2 rings (SSSR count). The van der Waals surface area contributed by atoms with E-state index in [1.165, 1.54) is 32.4 Å². The monoisotopic (exact) mass is 314 g/mol. The fourth-order valence-corrected chi connectivity index (χ4v) is 3.38. The van der Waals surface area contributed by atoms with Gasteiger partial charge in [0.1, 0.15) is 0 Å². The number of rotatable bonds is 6. The van der Waals surface area contributed by atoms with Crippen LogP contribution in [0.15, 0.2) is 18.2 Å². The summed E-state index contributed by atoms with van der Waals surface area (Å²) in [6.07, 6.45) is 5.11. The third-order valence-electron chi connectivity index (χ3n) is 4.01. The van der Waals surface area contributed by atoms with Crippen molar-refractivity contribution in [1.29, 1.82) is 0 Å². The molecule has 0 bridgehead atoms. The lowest BCUT2D eigenvalue weighted by atomic mass is 10.0. The SMILES string of the molecule is CCC(NCCN1CCCCC1)c1ccc(Cl)cc1Cl. The molecule has 0 aliphatic carbocycles. The molecule has 0 aromatic heterocycles. The van der Waals surface area contributed by atoms with Gasteiger partial charge in [-0.05, 0) is 50.0 Å². The maximum Gasteiger partial charge on any atom is 0.0468 e. The molecule has 1 aliphatic heterocycles. The first-order chi connectivity index (χ1) is 9.70. The number of hydrogen-bond acceptors (Lipinski definition) is 2. The highest BCUT2D eigenvalue weighted by Gasteiger charge is 2.14. The van der Waals surface area contributed by atoms with Crippen LogP contribution in [0.4, 0.5) is 0 Å². The van der Waals surface area contributed by atoms with Crippen molar-refractivity contribution in [2.75, 3.05) is 26.2 Å². The third-order valence-corrected chi connectivity index (χ3v) is 4.58. The second kappa shape index (κ2) is 8.23. The van der Waals surface area contributed by atoms with Crippen LogP contribution < -0.4 is 5.32 Å². The Hall–Kier alpha value is -0.280. The summed E-state index contributed by atoms with van der Waals surface area (Å²) in [5, 5.41) is 5.08. The van der Waals surface area contributed by atoms with Crippen LogP contribution in [-0.4, -0.2) is 31.1 Å². The van der Waals surface area contributed by atoms with E-state index in [2.05, 4.69) is 17.1 Å². The van der Waals surface area contributed by atoms with E-state index in [9.17, 15) is 0 Å². The van der Waals surface area contributed by atoms with Crippen molar-refractivity contribution < 1.29 is 0 Å². The fourth-order valence-electron chi connectivity index (χ4n) is 2.84. The van der Waals surface area contributed by atoms with E-state index in [4.69, 9.17) is 23.2 Å². The van der Waals surface area contributed by atoms with Gasteiger partial charge in [-0.15, -0.1) is 0 Å². The van der Waals surface area contributed by atoms with Gasteiger partial charge in [0.25, 0.3) is 0 Å². The Balaban J connectivity index is 1.85. The Labute approximate surface area is 132 Å². The van der Waals surface area contributed by atoms with Gasteiger partial charge in [0.2, 0.25) is 0 Å². The van der Waals surface area contributed by atoms with Gasteiger partial charge in [-0.25, -0.2) is 0 Å². The predicted octanol–water partition coefficient (Wildman–Crippen LogP) is 4.52. The Kier molecular flexibility index (Phi) is 6.63. The molecule has 1 fully saturated rings. The van der Waals surface area contributed by atoms with Crippen LogP contribution in [0, 0.1) is 0 Å². The van der Waals surface area contributed by atoms with E-state index in [1.807, 2.05) is 18.2 Å². The van der Waals surface area contributed by atoms with Gasteiger partial charge in [-0.1, -0.05) is 42.6 Å². The zero-order valence-electron chi connectivity index (χ0n) is 12.2. The molecule has 1 aliphatic rings. The van der Waals surface area contributed by atoms with Crippen LogP contribution in [0.3, 0.4) is 0 Å². The lowest BCUT2D eigenvalue weighted by Gasteiger charge is -2.27. The van der Waals surface area contributed by atoms with Crippen molar-refractivity contribution >= 4 is 23.2 Å². The predicted molar refractivity (Wildman–Crippen MR) is 87.8 cm³/mol. The third kappa shape index (κ3) is 4.63. The first-order valence-corrected chi connectivity index (χ1v) is 8.37. The van der Waals surface area contributed by atoms with E-state index in [-0.39, 0.29) is 0 Å². The maximum absolute atomic E-state index is 6.30. The second-order valence-electron chi connectivity index (χ2n) is 5.48. The van der Waals surface area contributed by atoms with Gasteiger partial charge in [-0.2, -0.15) is 0 Å². The van der Waals surface area contributed by atoms with Crippen LogP contribution >= 0.6 is 23.2 Å². The van der Waals surface area contributed by atoms with Gasteiger partial charge < -0.3 is 10.2 Å². The van der Waals surface area contributed by atoms with Crippen LogP contribution in [0.1, 0.15) is 44.2 Å². The number of benzene rings is 1. The molecule has 1 aromatic rings. The van der Waals surface area contributed by atoms with Crippen molar-refractivity contribution in [2.45, 2.75) is 38.6 Å². The topological polar surface area (TPSA) is 15.3 Å². The molecule has 1 atom stereocenters. The molecule has 1 N–H and O–H groups in total. The van der Waals surface area contributed by atoms with E-state index in [0.717, 1.165) is 30.1 Å². The lowest BCUT2D eigenvalue weighted by Crippen LogP contribution is -2.36. The van der Waals surface area contributed by atoms with Crippen LogP contribution in [0.2, 0.25) is 10.0 Å². The summed E-state index contributed by atoms with van der Waals surface area (Å²) in [6.45, 7) is 6.82. The van der Waals surface area contributed by atoms with Gasteiger partial charge in [0.15, 0.2) is 0 Å². The summed E-state index contributed by atoms with van der Waals surface area (Å²) < 4.78 is 0. The first kappa shape index (κ1) is 16.1.